The van der Waals surface area contributed by atoms with Gasteiger partial charge in [0, 0.05) is 18.7 Å². The summed E-state index contributed by atoms with van der Waals surface area (Å²) in [5.41, 5.74) is 0.643. The quantitative estimate of drug-likeness (QED) is 0.891. The van der Waals surface area contributed by atoms with Gasteiger partial charge in [0.2, 0.25) is 0 Å². The lowest BCUT2D eigenvalue weighted by molar-refractivity contribution is 0.0315. The Morgan fingerprint density at radius 1 is 1.36 bits per heavy atom. The van der Waals surface area contributed by atoms with Crippen LogP contribution in [0.1, 0.15) is 31.1 Å². The highest BCUT2D eigenvalue weighted by Gasteiger charge is 2.25. The van der Waals surface area contributed by atoms with E-state index in [0.29, 0.717) is 23.4 Å². The third-order valence-corrected chi connectivity index (χ3v) is 3.25. The van der Waals surface area contributed by atoms with Crippen LogP contribution in [0.15, 0.2) is 30.5 Å². The number of halogens is 1. The van der Waals surface area contributed by atoms with Crippen LogP contribution in [-0.4, -0.2) is 44.8 Å². The fourth-order valence-electron chi connectivity index (χ4n) is 2.25. The van der Waals surface area contributed by atoms with Crippen LogP contribution in [0.25, 0.3) is 11.3 Å². The van der Waals surface area contributed by atoms with E-state index in [-0.39, 0.29) is 18.3 Å². The first kappa shape index (κ1) is 16.2. The summed E-state index contributed by atoms with van der Waals surface area (Å²) in [5.74, 6) is -0.564. The topological polar surface area (TPSA) is 69.2 Å². The van der Waals surface area contributed by atoms with E-state index in [2.05, 4.69) is 10.2 Å². The van der Waals surface area contributed by atoms with Gasteiger partial charge in [-0.2, -0.15) is 5.10 Å². The molecule has 0 aliphatic carbocycles. The van der Waals surface area contributed by atoms with Gasteiger partial charge in [-0.15, -0.1) is 0 Å². The number of nitrogens with one attached hydrogen (secondary N) is 1. The minimum Gasteiger partial charge on any atom is -0.389 e. The van der Waals surface area contributed by atoms with Gasteiger partial charge in [-0.25, -0.2) is 4.39 Å². The Bertz CT molecular complexity index is 644. The number of carbonyl (C=O) groups excluding carboxylic acids is 1. The highest BCUT2D eigenvalue weighted by Crippen LogP contribution is 2.23. The Kier molecular flexibility index (Phi) is 4.61. The van der Waals surface area contributed by atoms with Crippen molar-refractivity contribution in [2.75, 3.05) is 13.1 Å². The predicted octanol–water partition coefficient (Wildman–Crippen LogP) is 2.45. The molecule has 22 heavy (non-hydrogen) atoms. The smallest absolute Gasteiger partial charge is 0.257 e. The van der Waals surface area contributed by atoms with Crippen LogP contribution in [0.3, 0.4) is 0 Å². The molecule has 0 bridgehead atoms. The first-order valence-corrected chi connectivity index (χ1v) is 7.13. The molecule has 0 radical (unpaired) electrons. The van der Waals surface area contributed by atoms with Crippen LogP contribution in [0.4, 0.5) is 4.39 Å². The number of rotatable bonds is 5. The van der Waals surface area contributed by atoms with Crippen molar-refractivity contribution >= 4 is 5.91 Å². The molecule has 1 aromatic heterocycles. The van der Waals surface area contributed by atoms with Crippen molar-refractivity contribution in [3.63, 3.8) is 0 Å². The molecule has 118 valence electrons. The van der Waals surface area contributed by atoms with Gasteiger partial charge in [0.25, 0.3) is 5.91 Å². The number of aromatic nitrogens is 2. The van der Waals surface area contributed by atoms with Gasteiger partial charge in [-0.05, 0) is 45.0 Å². The first-order chi connectivity index (χ1) is 10.3. The fraction of sp³-hybridized carbons (Fsp3) is 0.375. The average Bonchev–Trinajstić information content (AvgIpc) is 2.93. The van der Waals surface area contributed by atoms with Crippen molar-refractivity contribution < 1.29 is 14.3 Å². The number of carbonyl (C=O) groups is 1. The highest BCUT2D eigenvalue weighted by atomic mass is 19.1. The van der Waals surface area contributed by atoms with Gasteiger partial charge < -0.3 is 10.0 Å². The molecule has 0 aliphatic rings. The Morgan fingerprint density at radius 3 is 2.55 bits per heavy atom. The molecule has 0 fully saturated rings. The summed E-state index contributed by atoms with van der Waals surface area (Å²) < 4.78 is 13.0. The van der Waals surface area contributed by atoms with E-state index in [1.165, 1.54) is 18.3 Å². The number of benzene rings is 1. The number of H-pyrrole nitrogens is 1. The molecular formula is C16H20FN3O2. The molecule has 2 aromatic rings. The molecule has 0 saturated carbocycles. The van der Waals surface area contributed by atoms with E-state index in [1.54, 1.807) is 30.9 Å². The SMILES string of the molecule is CCN(CC(C)(C)O)C(=O)c1cn[nH]c1-c1ccc(F)cc1. The van der Waals surface area contributed by atoms with Crippen LogP contribution in [-0.2, 0) is 0 Å². The third-order valence-electron chi connectivity index (χ3n) is 3.25. The van der Waals surface area contributed by atoms with Crippen LogP contribution in [0.5, 0.6) is 0 Å². The minimum atomic E-state index is -0.981. The summed E-state index contributed by atoms with van der Waals surface area (Å²) in [7, 11) is 0. The molecule has 2 rings (SSSR count). The summed E-state index contributed by atoms with van der Waals surface area (Å²) >= 11 is 0. The molecule has 0 aliphatic heterocycles. The zero-order chi connectivity index (χ0) is 16.3. The second-order valence-electron chi connectivity index (χ2n) is 5.80. The van der Waals surface area contributed by atoms with Crippen LogP contribution < -0.4 is 0 Å². The minimum absolute atomic E-state index is 0.219. The number of hydrogen-bond acceptors (Lipinski definition) is 3. The normalized spacial score (nSPS) is 11.5. The highest BCUT2D eigenvalue weighted by molar-refractivity contribution is 5.99. The van der Waals surface area contributed by atoms with E-state index >= 15 is 0 Å². The maximum Gasteiger partial charge on any atom is 0.257 e. The maximum atomic E-state index is 13.0. The molecular weight excluding hydrogens is 285 g/mol. The molecule has 0 unspecified atom stereocenters. The van der Waals surface area contributed by atoms with Gasteiger partial charge in [-0.1, -0.05) is 0 Å². The second-order valence-corrected chi connectivity index (χ2v) is 5.80. The van der Waals surface area contributed by atoms with Crippen LogP contribution in [0, 0.1) is 5.82 Å². The zero-order valence-corrected chi connectivity index (χ0v) is 12.9. The van der Waals surface area contributed by atoms with Crippen molar-refractivity contribution in [2.24, 2.45) is 0 Å². The summed E-state index contributed by atoms with van der Waals surface area (Å²) in [6, 6.07) is 5.84. The number of aliphatic hydroxyl groups is 1. The lowest BCUT2D eigenvalue weighted by atomic mass is 10.1. The molecule has 0 saturated heterocycles. The average molecular weight is 305 g/mol. The Balaban J connectivity index is 2.31. The van der Waals surface area contributed by atoms with Crippen LogP contribution >= 0.6 is 0 Å². The summed E-state index contributed by atoms with van der Waals surface area (Å²) in [6.07, 6.45) is 1.45. The lowest BCUT2D eigenvalue weighted by Gasteiger charge is -2.28. The van der Waals surface area contributed by atoms with E-state index in [1.807, 2.05) is 6.92 Å². The van der Waals surface area contributed by atoms with Crippen LogP contribution in [0.2, 0.25) is 0 Å². The van der Waals surface area contributed by atoms with Crippen molar-refractivity contribution in [1.29, 1.82) is 0 Å². The van der Waals surface area contributed by atoms with Gasteiger partial charge >= 0.3 is 0 Å². The Morgan fingerprint density at radius 2 is 2.00 bits per heavy atom. The summed E-state index contributed by atoms with van der Waals surface area (Å²) in [5, 5.41) is 16.6. The summed E-state index contributed by atoms with van der Waals surface area (Å²) in [6.45, 7) is 5.84. The number of hydrogen-bond donors (Lipinski definition) is 2. The number of amides is 1. The molecule has 1 aromatic carbocycles. The van der Waals surface area contributed by atoms with Gasteiger partial charge in [-0.3, -0.25) is 9.89 Å². The van der Waals surface area contributed by atoms with Gasteiger partial charge in [0.05, 0.1) is 23.1 Å². The number of nitrogens with zero attached hydrogens (tertiary/aromatic N) is 2. The van der Waals surface area contributed by atoms with E-state index in [4.69, 9.17) is 0 Å². The molecule has 5 nitrogen and oxygen atoms in total. The molecule has 6 heteroatoms. The van der Waals surface area contributed by atoms with Gasteiger partial charge in [0.1, 0.15) is 5.82 Å². The van der Waals surface area contributed by atoms with Crippen molar-refractivity contribution in [3.8, 4) is 11.3 Å². The zero-order valence-electron chi connectivity index (χ0n) is 12.9. The molecule has 1 amide bonds. The molecule has 0 spiro atoms. The Labute approximate surface area is 128 Å². The molecule has 2 N–H and O–H groups in total. The summed E-state index contributed by atoms with van der Waals surface area (Å²) in [4.78, 5) is 14.2. The number of aromatic amines is 1. The fourth-order valence-corrected chi connectivity index (χ4v) is 2.25. The van der Waals surface area contributed by atoms with E-state index in [9.17, 15) is 14.3 Å². The van der Waals surface area contributed by atoms with Crippen molar-refractivity contribution in [2.45, 2.75) is 26.4 Å². The largest absolute Gasteiger partial charge is 0.389 e. The molecule has 1 heterocycles. The number of likely N-dealkylation sites (N-methyl/N-ethyl adjacent to an activating group) is 1. The standard InChI is InChI=1S/C16H20FN3O2/c1-4-20(10-16(2,3)22)15(21)13-9-18-19-14(13)11-5-7-12(17)8-6-11/h5-9,22H,4,10H2,1-3H3,(H,18,19). The van der Waals surface area contributed by atoms with E-state index in [0.717, 1.165) is 0 Å². The third kappa shape index (κ3) is 3.71. The van der Waals surface area contributed by atoms with E-state index < -0.39 is 5.60 Å². The second kappa shape index (κ2) is 6.27. The lowest BCUT2D eigenvalue weighted by Crippen LogP contribution is -2.42. The maximum absolute atomic E-state index is 13.0. The Hall–Kier alpha value is -2.21. The van der Waals surface area contributed by atoms with Crippen molar-refractivity contribution in [3.05, 3.63) is 41.8 Å². The van der Waals surface area contributed by atoms with Crippen molar-refractivity contribution in [1.82, 2.24) is 15.1 Å². The predicted molar refractivity (Wildman–Crippen MR) is 81.9 cm³/mol. The van der Waals surface area contributed by atoms with Gasteiger partial charge in [0.15, 0.2) is 0 Å². The molecule has 0 atom stereocenters. The monoisotopic (exact) mass is 305 g/mol. The first-order valence-electron chi connectivity index (χ1n) is 7.13.